The quantitative estimate of drug-likeness (QED) is 0.533. The van der Waals surface area contributed by atoms with Crippen molar-refractivity contribution in [2.45, 2.75) is 18.7 Å². The van der Waals surface area contributed by atoms with E-state index < -0.39 is 0 Å². The predicted octanol–water partition coefficient (Wildman–Crippen LogP) is 5.15. The second-order valence-electron chi connectivity index (χ2n) is 5.48. The molecular weight excluding hydrogens is 300 g/mol. The molecule has 0 saturated carbocycles. The van der Waals surface area contributed by atoms with Crippen molar-refractivity contribution >= 4 is 27.7 Å². The number of hydrogen-bond donors (Lipinski definition) is 1. The first kappa shape index (κ1) is 15.6. The van der Waals surface area contributed by atoms with Gasteiger partial charge in [-0.1, -0.05) is 84.6 Å². The van der Waals surface area contributed by atoms with Crippen LogP contribution in [0.25, 0.3) is 10.8 Å². The van der Waals surface area contributed by atoms with Gasteiger partial charge in [-0.15, -0.1) is 0 Å². The van der Waals surface area contributed by atoms with Gasteiger partial charge in [0.2, 0.25) is 0 Å². The number of amidine groups is 1. The molecule has 2 nitrogen and oxygen atoms in total. The molecule has 0 fully saturated rings. The lowest BCUT2D eigenvalue weighted by Gasteiger charge is -2.09. The maximum atomic E-state index is 6.12. The zero-order chi connectivity index (χ0) is 16.1. The molecule has 3 aromatic carbocycles. The van der Waals surface area contributed by atoms with Crippen molar-refractivity contribution in [2.24, 2.45) is 10.7 Å². The summed E-state index contributed by atoms with van der Waals surface area (Å²) in [4.78, 5) is 4.60. The molecule has 116 valence electrons. The number of fused-ring (bicyclic) bond motifs is 1. The molecule has 3 aromatic rings. The number of thioether (sulfide) groups is 1. The van der Waals surface area contributed by atoms with Crippen LogP contribution in [-0.2, 0) is 5.75 Å². The number of nitrogens with two attached hydrogens (primary N) is 1. The van der Waals surface area contributed by atoms with Crippen molar-refractivity contribution in [1.82, 2.24) is 0 Å². The third-order valence-corrected chi connectivity index (χ3v) is 4.71. The van der Waals surface area contributed by atoms with Crippen LogP contribution in [0, 0.1) is 0 Å². The van der Waals surface area contributed by atoms with E-state index in [1.54, 1.807) is 11.8 Å². The largest absolute Gasteiger partial charge is 0.379 e. The highest BCUT2D eigenvalue weighted by Gasteiger charge is 2.05. The maximum absolute atomic E-state index is 6.12. The molecule has 23 heavy (non-hydrogen) atoms. The number of nitrogens with zero attached hydrogens (tertiary/aromatic N) is 1. The van der Waals surface area contributed by atoms with Crippen molar-refractivity contribution in [3.05, 3.63) is 83.9 Å². The molecule has 0 aromatic heterocycles. The van der Waals surface area contributed by atoms with E-state index in [2.05, 4.69) is 66.5 Å². The van der Waals surface area contributed by atoms with Gasteiger partial charge in [0.25, 0.3) is 0 Å². The lowest BCUT2D eigenvalue weighted by Crippen LogP contribution is -2.09. The van der Waals surface area contributed by atoms with Crippen molar-refractivity contribution < 1.29 is 0 Å². The van der Waals surface area contributed by atoms with E-state index in [0.29, 0.717) is 5.17 Å². The minimum Gasteiger partial charge on any atom is -0.379 e. The highest BCUT2D eigenvalue weighted by Crippen LogP contribution is 2.24. The maximum Gasteiger partial charge on any atom is 0.154 e. The molecule has 0 amide bonds. The van der Waals surface area contributed by atoms with E-state index in [9.17, 15) is 0 Å². The van der Waals surface area contributed by atoms with Gasteiger partial charge in [0, 0.05) is 5.75 Å². The van der Waals surface area contributed by atoms with Gasteiger partial charge in [-0.3, -0.25) is 4.99 Å². The average Bonchev–Trinajstić information content (AvgIpc) is 2.60. The summed E-state index contributed by atoms with van der Waals surface area (Å²) < 4.78 is 0. The van der Waals surface area contributed by atoms with E-state index in [4.69, 9.17) is 5.73 Å². The summed E-state index contributed by atoms with van der Waals surface area (Å²) in [5.41, 5.74) is 8.59. The second kappa shape index (κ2) is 7.34. The summed E-state index contributed by atoms with van der Waals surface area (Å²) in [6, 6.07) is 25.1. The molecule has 0 unspecified atom stereocenters. The van der Waals surface area contributed by atoms with E-state index >= 15 is 0 Å². The summed E-state index contributed by atoms with van der Waals surface area (Å²) in [7, 11) is 0. The summed E-state index contributed by atoms with van der Waals surface area (Å²) in [5, 5.41) is 3.18. The normalized spacial score (nSPS) is 13.2. The molecule has 0 heterocycles. The minimum atomic E-state index is 0.0798. The van der Waals surface area contributed by atoms with Crippen LogP contribution in [0.15, 0.2) is 77.8 Å². The molecule has 0 bridgehead atoms. The van der Waals surface area contributed by atoms with Crippen LogP contribution in [-0.4, -0.2) is 5.17 Å². The van der Waals surface area contributed by atoms with E-state index in [-0.39, 0.29) is 6.04 Å². The molecule has 3 heteroatoms. The first-order chi connectivity index (χ1) is 11.2. The average molecular weight is 320 g/mol. The van der Waals surface area contributed by atoms with Crippen molar-refractivity contribution in [2.75, 3.05) is 0 Å². The summed E-state index contributed by atoms with van der Waals surface area (Å²) in [6.07, 6.45) is 0. The molecule has 0 saturated heterocycles. The Labute approximate surface area is 141 Å². The van der Waals surface area contributed by atoms with Gasteiger partial charge in [0.15, 0.2) is 5.17 Å². The molecule has 2 N–H and O–H groups in total. The summed E-state index contributed by atoms with van der Waals surface area (Å²) >= 11 is 1.60. The molecule has 0 aliphatic rings. The fraction of sp³-hybridized carbons (Fsp3) is 0.150. The van der Waals surface area contributed by atoms with E-state index in [1.807, 2.05) is 18.2 Å². The SMILES string of the molecule is C[C@@H](N=C(N)SCc1cccc2ccccc12)c1ccccc1. The van der Waals surface area contributed by atoms with Crippen LogP contribution in [0.1, 0.15) is 24.1 Å². The highest BCUT2D eigenvalue weighted by atomic mass is 32.2. The Kier molecular flexibility index (Phi) is 4.99. The monoisotopic (exact) mass is 320 g/mol. The number of aliphatic imine (C=N–C) groups is 1. The highest BCUT2D eigenvalue weighted by molar-refractivity contribution is 8.13. The Morgan fingerprint density at radius 2 is 1.65 bits per heavy atom. The van der Waals surface area contributed by atoms with Gasteiger partial charge in [0.05, 0.1) is 6.04 Å². The Bertz CT molecular complexity index is 807. The molecule has 0 radical (unpaired) electrons. The van der Waals surface area contributed by atoms with Gasteiger partial charge in [0.1, 0.15) is 0 Å². The zero-order valence-electron chi connectivity index (χ0n) is 13.1. The van der Waals surface area contributed by atoms with Gasteiger partial charge >= 0.3 is 0 Å². The zero-order valence-corrected chi connectivity index (χ0v) is 14.0. The van der Waals surface area contributed by atoms with Gasteiger partial charge in [-0.25, -0.2) is 0 Å². The lowest BCUT2D eigenvalue weighted by atomic mass is 10.1. The Balaban J connectivity index is 1.71. The van der Waals surface area contributed by atoms with Crippen LogP contribution in [0.2, 0.25) is 0 Å². The van der Waals surface area contributed by atoms with Crippen LogP contribution >= 0.6 is 11.8 Å². The fourth-order valence-corrected chi connectivity index (χ4v) is 3.39. The summed E-state index contributed by atoms with van der Waals surface area (Å²) in [6.45, 7) is 2.07. The Hall–Kier alpha value is -2.26. The number of rotatable bonds is 4. The molecule has 0 spiro atoms. The predicted molar refractivity (Wildman–Crippen MR) is 102 cm³/mol. The summed E-state index contributed by atoms with van der Waals surface area (Å²) in [5.74, 6) is 0.832. The van der Waals surface area contributed by atoms with Crippen molar-refractivity contribution in [3.8, 4) is 0 Å². The van der Waals surface area contributed by atoms with Crippen molar-refractivity contribution in [1.29, 1.82) is 0 Å². The molecule has 0 aliphatic carbocycles. The third-order valence-electron chi connectivity index (χ3n) is 3.86. The first-order valence-corrected chi connectivity index (χ1v) is 8.70. The number of benzene rings is 3. The third kappa shape index (κ3) is 3.93. The standard InChI is InChI=1S/C20H20N2S/c1-15(16-8-3-2-4-9-16)22-20(21)23-14-18-12-7-11-17-10-5-6-13-19(17)18/h2-13,15H,14H2,1H3,(H2,21,22)/t15-/m1/s1. The van der Waals surface area contributed by atoms with Crippen LogP contribution in [0.5, 0.6) is 0 Å². The van der Waals surface area contributed by atoms with Gasteiger partial charge in [-0.2, -0.15) is 0 Å². The van der Waals surface area contributed by atoms with Crippen LogP contribution < -0.4 is 5.73 Å². The first-order valence-electron chi connectivity index (χ1n) is 7.71. The van der Waals surface area contributed by atoms with Gasteiger partial charge in [-0.05, 0) is 28.8 Å². The molecule has 3 rings (SSSR count). The molecular formula is C20H20N2S. The Morgan fingerprint density at radius 3 is 2.48 bits per heavy atom. The topological polar surface area (TPSA) is 38.4 Å². The van der Waals surface area contributed by atoms with Gasteiger partial charge < -0.3 is 5.73 Å². The molecule has 0 aliphatic heterocycles. The fourth-order valence-electron chi connectivity index (χ4n) is 2.60. The smallest absolute Gasteiger partial charge is 0.154 e. The Morgan fingerprint density at radius 1 is 0.957 bits per heavy atom. The second-order valence-corrected chi connectivity index (χ2v) is 6.48. The van der Waals surface area contributed by atoms with E-state index in [1.165, 1.54) is 21.9 Å². The number of hydrogen-bond acceptors (Lipinski definition) is 2. The van der Waals surface area contributed by atoms with Crippen LogP contribution in [0.3, 0.4) is 0 Å². The van der Waals surface area contributed by atoms with E-state index in [0.717, 1.165) is 5.75 Å². The minimum absolute atomic E-state index is 0.0798. The molecule has 1 atom stereocenters. The van der Waals surface area contributed by atoms with Crippen molar-refractivity contribution in [3.63, 3.8) is 0 Å². The van der Waals surface area contributed by atoms with Crippen LogP contribution in [0.4, 0.5) is 0 Å². The lowest BCUT2D eigenvalue weighted by molar-refractivity contribution is 0.822.